The molecule has 2 aliphatic heterocycles. The van der Waals surface area contributed by atoms with Crippen LogP contribution in [0.25, 0.3) is 0 Å². The average Bonchev–Trinajstić information content (AvgIpc) is 2.89. The summed E-state index contributed by atoms with van der Waals surface area (Å²) < 4.78 is 5.92. The minimum absolute atomic E-state index is 0.395. The van der Waals surface area contributed by atoms with Crippen LogP contribution in [0.2, 0.25) is 0 Å². The maximum Gasteiger partial charge on any atom is 0.129 e. The van der Waals surface area contributed by atoms with Crippen molar-refractivity contribution < 1.29 is 4.74 Å². The van der Waals surface area contributed by atoms with E-state index in [1.807, 2.05) is 0 Å². The van der Waals surface area contributed by atoms with E-state index in [0.29, 0.717) is 24.3 Å². The molecule has 1 aromatic heterocycles. The summed E-state index contributed by atoms with van der Waals surface area (Å²) in [6.07, 6.45) is 7.77. The van der Waals surface area contributed by atoms with Crippen molar-refractivity contribution in [1.29, 1.82) is 0 Å². The Morgan fingerprint density at radius 1 is 1.09 bits per heavy atom. The van der Waals surface area contributed by atoms with Crippen LogP contribution in [0.15, 0.2) is 12.1 Å². The number of hydrogen-bond acceptors (Lipinski definition) is 5. The summed E-state index contributed by atoms with van der Waals surface area (Å²) in [5.74, 6) is 1.10. The Bertz CT molecular complexity index is 544. The molecule has 5 nitrogen and oxygen atoms in total. The Balaban J connectivity index is 1.42. The van der Waals surface area contributed by atoms with Gasteiger partial charge in [0, 0.05) is 25.2 Å². The fraction of sp³-hybridized carbons (Fsp3) is 0.722. The predicted molar refractivity (Wildman–Crippen MR) is 92.9 cm³/mol. The Hall–Kier alpha value is -1.33. The van der Waals surface area contributed by atoms with Crippen LogP contribution in [0.5, 0.6) is 0 Å². The van der Waals surface area contributed by atoms with Gasteiger partial charge >= 0.3 is 0 Å². The Morgan fingerprint density at radius 2 is 1.78 bits per heavy atom. The van der Waals surface area contributed by atoms with Crippen LogP contribution >= 0.6 is 0 Å². The Labute approximate surface area is 138 Å². The molecule has 126 valence electrons. The van der Waals surface area contributed by atoms with Crippen LogP contribution in [0.4, 0.5) is 11.5 Å². The Kier molecular flexibility index (Phi) is 4.16. The zero-order chi connectivity index (χ0) is 15.8. The lowest BCUT2D eigenvalue weighted by Crippen LogP contribution is -2.43. The van der Waals surface area contributed by atoms with Crippen molar-refractivity contribution in [3.63, 3.8) is 0 Å². The molecule has 3 aliphatic rings. The van der Waals surface area contributed by atoms with Crippen molar-refractivity contribution in [2.45, 2.75) is 69.7 Å². The molecule has 1 aromatic rings. The van der Waals surface area contributed by atoms with Gasteiger partial charge in [0.05, 0.1) is 23.6 Å². The summed E-state index contributed by atoms with van der Waals surface area (Å²) in [6, 6.07) is 5.30. The van der Waals surface area contributed by atoms with E-state index in [2.05, 4.69) is 29.3 Å². The molecule has 3 N–H and O–H groups in total. The summed E-state index contributed by atoms with van der Waals surface area (Å²) in [5, 5.41) is 3.67. The number of ether oxygens (including phenoxy) is 1. The zero-order valence-corrected chi connectivity index (χ0v) is 14.0. The van der Waals surface area contributed by atoms with Crippen LogP contribution in [-0.4, -0.2) is 42.4 Å². The number of nitrogens with zero attached hydrogens (tertiary/aromatic N) is 2. The summed E-state index contributed by atoms with van der Waals surface area (Å²) in [6.45, 7) is 4.07. The fourth-order valence-electron chi connectivity index (χ4n) is 4.16. The minimum Gasteiger partial charge on any atom is -0.381 e. The van der Waals surface area contributed by atoms with E-state index in [1.54, 1.807) is 0 Å². The molecular weight excluding hydrogens is 288 g/mol. The first-order chi connectivity index (χ1) is 11.2. The number of pyridine rings is 1. The van der Waals surface area contributed by atoms with E-state index in [4.69, 9.17) is 15.5 Å². The van der Waals surface area contributed by atoms with E-state index < -0.39 is 0 Å². The molecular formula is C18H28N4O. The number of aryl methyl sites for hydroxylation is 1. The van der Waals surface area contributed by atoms with E-state index in [0.717, 1.165) is 50.3 Å². The minimum atomic E-state index is 0.395. The molecule has 2 atom stereocenters. The van der Waals surface area contributed by atoms with Crippen LogP contribution in [0.1, 0.15) is 44.2 Å². The van der Waals surface area contributed by atoms with Gasteiger partial charge in [-0.15, -0.1) is 0 Å². The van der Waals surface area contributed by atoms with Crippen LogP contribution in [0.3, 0.4) is 0 Å². The largest absolute Gasteiger partial charge is 0.381 e. The van der Waals surface area contributed by atoms with Crippen molar-refractivity contribution in [1.82, 2.24) is 4.98 Å². The maximum atomic E-state index is 5.99. The van der Waals surface area contributed by atoms with Gasteiger partial charge in [0.1, 0.15) is 5.82 Å². The molecule has 23 heavy (non-hydrogen) atoms. The van der Waals surface area contributed by atoms with Gasteiger partial charge < -0.3 is 20.7 Å². The van der Waals surface area contributed by atoms with Crippen molar-refractivity contribution in [3.8, 4) is 0 Å². The molecule has 0 spiro atoms. The summed E-state index contributed by atoms with van der Waals surface area (Å²) >= 11 is 0. The average molecular weight is 316 g/mol. The van der Waals surface area contributed by atoms with Gasteiger partial charge in [0.15, 0.2) is 0 Å². The SMILES string of the molecule is Cc1nc(N2CC3CCC(C2)O3)ccc1NC1CCC(N)CC1. The lowest BCUT2D eigenvalue weighted by atomic mass is 9.91. The van der Waals surface area contributed by atoms with Gasteiger partial charge in [-0.3, -0.25) is 0 Å². The second-order valence-corrected chi connectivity index (χ2v) is 7.42. The van der Waals surface area contributed by atoms with E-state index in [9.17, 15) is 0 Å². The number of fused-ring (bicyclic) bond motifs is 2. The second-order valence-electron chi connectivity index (χ2n) is 7.42. The number of morpholine rings is 1. The molecule has 0 aromatic carbocycles. The summed E-state index contributed by atoms with van der Waals surface area (Å²) in [7, 11) is 0. The molecule has 1 saturated carbocycles. The number of aromatic nitrogens is 1. The van der Waals surface area contributed by atoms with Crippen molar-refractivity contribution in [2.75, 3.05) is 23.3 Å². The van der Waals surface area contributed by atoms with E-state index in [1.165, 1.54) is 18.5 Å². The zero-order valence-electron chi connectivity index (χ0n) is 14.0. The molecule has 5 heteroatoms. The molecule has 3 heterocycles. The predicted octanol–water partition coefficient (Wildman–Crippen LogP) is 2.44. The highest BCUT2D eigenvalue weighted by Crippen LogP contribution is 2.30. The molecule has 2 saturated heterocycles. The normalized spacial score (nSPS) is 33.7. The first-order valence-electron chi connectivity index (χ1n) is 9.07. The van der Waals surface area contributed by atoms with Gasteiger partial charge in [0.25, 0.3) is 0 Å². The topological polar surface area (TPSA) is 63.4 Å². The lowest BCUT2D eigenvalue weighted by Gasteiger charge is -2.33. The van der Waals surface area contributed by atoms with Crippen LogP contribution in [0, 0.1) is 6.92 Å². The third-order valence-electron chi connectivity index (χ3n) is 5.57. The van der Waals surface area contributed by atoms with Crippen LogP contribution < -0.4 is 16.0 Å². The van der Waals surface area contributed by atoms with E-state index in [-0.39, 0.29) is 0 Å². The standard InChI is InChI=1S/C18H28N4O/c1-12-17(21-14-4-2-13(19)3-5-14)8-9-18(20-12)22-10-15-6-7-16(11-22)23-15/h8-9,13-16,21H,2-7,10-11,19H2,1H3. The van der Waals surface area contributed by atoms with Gasteiger partial charge in [-0.2, -0.15) is 0 Å². The highest BCUT2D eigenvalue weighted by atomic mass is 16.5. The van der Waals surface area contributed by atoms with E-state index >= 15 is 0 Å². The number of hydrogen-bond donors (Lipinski definition) is 2. The Morgan fingerprint density at radius 3 is 2.43 bits per heavy atom. The molecule has 3 fully saturated rings. The lowest BCUT2D eigenvalue weighted by molar-refractivity contribution is 0.0302. The maximum absolute atomic E-state index is 5.99. The van der Waals surface area contributed by atoms with Crippen molar-refractivity contribution >= 4 is 11.5 Å². The van der Waals surface area contributed by atoms with Gasteiger partial charge in [-0.25, -0.2) is 4.98 Å². The third-order valence-corrected chi connectivity index (χ3v) is 5.57. The van der Waals surface area contributed by atoms with Gasteiger partial charge in [-0.1, -0.05) is 0 Å². The monoisotopic (exact) mass is 316 g/mol. The highest BCUT2D eigenvalue weighted by molar-refractivity contribution is 5.54. The second kappa shape index (κ2) is 6.29. The fourth-order valence-corrected chi connectivity index (χ4v) is 4.16. The smallest absolute Gasteiger partial charge is 0.129 e. The number of nitrogens with two attached hydrogens (primary N) is 1. The highest BCUT2D eigenvalue weighted by Gasteiger charge is 2.34. The van der Waals surface area contributed by atoms with Crippen LogP contribution in [-0.2, 0) is 4.74 Å². The molecule has 0 amide bonds. The molecule has 2 bridgehead atoms. The number of anilines is 2. The number of nitrogens with one attached hydrogen (secondary N) is 1. The molecule has 4 rings (SSSR count). The third kappa shape index (κ3) is 3.31. The first-order valence-corrected chi connectivity index (χ1v) is 9.07. The van der Waals surface area contributed by atoms with Crippen molar-refractivity contribution in [2.24, 2.45) is 5.73 Å². The molecule has 2 unspecified atom stereocenters. The van der Waals surface area contributed by atoms with Crippen molar-refractivity contribution in [3.05, 3.63) is 17.8 Å². The summed E-state index contributed by atoms with van der Waals surface area (Å²) in [5.41, 5.74) is 8.26. The summed E-state index contributed by atoms with van der Waals surface area (Å²) in [4.78, 5) is 7.25. The van der Waals surface area contributed by atoms with Gasteiger partial charge in [-0.05, 0) is 57.6 Å². The first kappa shape index (κ1) is 15.2. The number of rotatable bonds is 3. The molecule has 1 aliphatic carbocycles. The molecule has 0 radical (unpaired) electrons. The van der Waals surface area contributed by atoms with Gasteiger partial charge in [0.2, 0.25) is 0 Å². The quantitative estimate of drug-likeness (QED) is 0.897.